The molecule has 0 aliphatic carbocycles. The van der Waals surface area contributed by atoms with Crippen molar-refractivity contribution >= 4 is 18.3 Å². The second-order valence-electron chi connectivity index (χ2n) is 5.43. The Labute approximate surface area is 116 Å². The van der Waals surface area contributed by atoms with Gasteiger partial charge in [-0.2, -0.15) is 0 Å². The van der Waals surface area contributed by atoms with Gasteiger partial charge in [0.05, 0.1) is 5.92 Å². The molecule has 2 saturated heterocycles. The molecule has 4 nitrogen and oxygen atoms in total. The van der Waals surface area contributed by atoms with Gasteiger partial charge in [0, 0.05) is 20.1 Å². The second-order valence-corrected chi connectivity index (χ2v) is 5.43. The summed E-state index contributed by atoms with van der Waals surface area (Å²) in [6.07, 6.45) is 4.86. The molecule has 18 heavy (non-hydrogen) atoms. The molecule has 2 aliphatic rings. The lowest BCUT2D eigenvalue weighted by molar-refractivity contribution is -0.126. The number of rotatable bonds is 3. The number of nitrogens with one attached hydrogen (secondary N) is 2. The average molecular weight is 276 g/mol. The predicted octanol–water partition coefficient (Wildman–Crippen LogP) is 0.866. The lowest BCUT2D eigenvalue weighted by Gasteiger charge is -2.35. The van der Waals surface area contributed by atoms with E-state index in [2.05, 4.69) is 15.5 Å². The highest BCUT2D eigenvalue weighted by atomic mass is 35.5. The summed E-state index contributed by atoms with van der Waals surface area (Å²) >= 11 is 0. The number of hydrogen-bond donors (Lipinski definition) is 2. The number of nitrogens with zero attached hydrogens (tertiary/aromatic N) is 1. The van der Waals surface area contributed by atoms with Crippen LogP contribution in [-0.4, -0.2) is 50.6 Å². The largest absolute Gasteiger partial charge is 0.359 e. The van der Waals surface area contributed by atoms with Gasteiger partial charge in [0.1, 0.15) is 0 Å². The Bertz CT molecular complexity index is 257. The highest BCUT2D eigenvalue weighted by Crippen LogP contribution is 2.19. The Hall–Kier alpha value is -0.320. The number of halogens is 1. The molecule has 0 saturated carbocycles. The number of likely N-dealkylation sites (tertiary alicyclic amines) is 1. The van der Waals surface area contributed by atoms with Crippen molar-refractivity contribution in [2.75, 3.05) is 39.8 Å². The zero-order valence-corrected chi connectivity index (χ0v) is 12.1. The van der Waals surface area contributed by atoms with Crippen LogP contribution in [0.3, 0.4) is 0 Å². The molecule has 0 aromatic rings. The first-order valence-electron chi connectivity index (χ1n) is 6.94. The minimum absolute atomic E-state index is 0. The van der Waals surface area contributed by atoms with E-state index >= 15 is 0 Å². The number of carbonyl (C=O) groups excluding carboxylic acids is 1. The maximum absolute atomic E-state index is 11.7. The standard InChI is InChI=1S/C13H25N3O.ClH/c1-14-13(17)12-5-3-7-16(10-12)9-11-4-2-6-15-8-11;/h11-12,15H,2-10H2,1H3,(H,14,17);1H. The minimum atomic E-state index is 0. The molecule has 1 amide bonds. The van der Waals surface area contributed by atoms with Crippen LogP contribution in [0.2, 0.25) is 0 Å². The lowest BCUT2D eigenvalue weighted by Crippen LogP contribution is -2.45. The zero-order valence-electron chi connectivity index (χ0n) is 11.3. The molecule has 2 fully saturated rings. The fourth-order valence-corrected chi connectivity index (χ4v) is 3.08. The molecule has 2 aliphatic heterocycles. The average Bonchev–Trinajstić information content (AvgIpc) is 2.39. The maximum Gasteiger partial charge on any atom is 0.224 e. The van der Waals surface area contributed by atoms with Crippen molar-refractivity contribution in [2.24, 2.45) is 11.8 Å². The van der Waals surface area contributed by atoms with E-state index in [0.717, 1.165) is 31.8 Å². The predicted molar refractivity (Wildman–Crippen MR) is 76.1 cm³/mol. The van der Waals surface area contributed by atoms with Crippen molar-refractivity contribution in [3.63, 3.8) is 0 Å². The van der Waals surface area contributed by atoms with Crippen LogP contribution in [-0.2, 0) is 4.79 Å². The summed E-state index contributed by atoms with van der Waals surface area (Å²) in [6.45, 7) is 5.62. The quantitative estimate of drug-likeness (QED) is 0.803. The number of carbonyl (C=O) groups is 1. The molecule has 2 heterocycles. The second kappa shape index (κ2) is 7.97. The first-order chi connectivity index (χ1) is 8.29. The van der Waals surface area contributed by atoms with Crippen molar-refractivity contribution in [3.05, 3.63) is 0 Å². The van der Waals surface area contributed by atoms with E-state index in [-0.39, 0.29) is 24.2 Å². The van der Waals surface area contributed by atoms with Gasteiger partial charge in [-0.05, 0) is 51.2 Å². The zero-order chi connectivity index (χ0) is 12.1. The molecule has 2 N–H and O–H groups in total. The fourth-order valence-electron chi connectivity index (χ4n) is 3.08. The minimum Gasteiger partial charge on any atom is -0.359 e. The molecular formula is C13H26ClN3O. The van der Waals surface area contributed by atoms with Gasteiger partial charge in [0.2, 0.25) is 5.91 Å². The number of piperidine rings is 2. The first kappa shape index (κ1) is 15.7. The van der Waals surface area contributed by atoms with Crippen molar-refractivity contribution in [1.29, 1.82) is 0 Å². The summed E-state index contributed by atoms with van der Waals surface area (Å²) in [7, 11) is 1.74. The van der Waals surface area contributed by atoms with E-state index in [4.69, 9.17) is 0 Å². The van der Waals surface area contributed by atoms with Gasteiger partial charge in [0.25, 0.3) is 0 Å². The third-order valence-electron chi connectivity index (χ3n) is 4.04. The molecule has 0 aromatic heterocycles. The fraction of sp³-hybridized carbons (Fsp3) is 0.923. The summed E-state index contributed by atoms with van der Waals surface area (Å²) in [4.78, 5) is 14.1. The van der Waals surface area contributed by atoms with E-state index in [1.54, 1.807) is 7.05 Å². The van der Waals surface area contributed by atoms with Crippen molar-refractivity contribution in [2.45, 2.75) is 25.7 Å². The third-order valence-corrected chi connectivity index (χ3v) is 4.04. The van der Waals surface area contributed by atoms with Gasteiger partial charge in [0.15, 0.2) is 0 Å². The van der Waals surface area contributed by atoms with E-state index in [1.807, 2.05) is 0 Å². The molecule has 0 aromatic carbocycles. The molecular weight excluding hydrogens is 250 g/mol. The van der Waals surface area contributed by atoms with Gasteiger partial charge >= 0.3 is 0 Å². The molecule has 106 valence electrons. The van der Waals surface area contributed by atoms with Crippen LogP contribution in [0, 0.1) is 11.8 Å². The van der Waals surface area contributed by atoms with Gasteiger partial charge in [-0.3, -0.25) is 4.79 Å². The van der Waals surface area contributed by atoms with Crippen molar-refractivity contribution < 1.29 is 4.79 Å². The topological polar surface area (TPSA) is 44.4 Å². The highest BCUT2D eigenvalue weighted by Gasteiger charge is 2.26. The van der Waals surface area contributed by atoms with E-state index in [9.17, 15) is 4.79 Å². The molecule has 0 radical (unpaired) electrons. The van der Waals surface area contributed by atoms with Crippen molar-refractivity contribution in [1.82, 2.24) is 15.5 Å². The molecule has 2 atom stereocenters. The van der Waals surface area contributed by atoms with Gasteiger partial charge < -0.3 is 15.5 Å². The molecule has 2 unspecified atom stereocenters. The van der Waals surface area contributed by atoms with Crippen LogP contribution < -0.4 is 10.6 Å². The van der Waals surface area contributed by atoms with E-state index in [0.29, 0.717) is 0 Å². The Morgan fingerprint density at radius 2 is 2.22 bits per heavy atom. The van der Waals surface area contributed by atoms with Crippen LogP contribution in [0.1, 0.15) is 25.7 Å². The van der Waals surface area contributed by atoms with Crippen LogP contribution >= 0.6 is 12.4 Å². The molecule has 5 heteroatoms. The maximum atomic E-state index is 11.7. The van der Waals surface area contributed by atoms with E-state index < -0.39 is 0 Å². The molecule has 0 bridgehead atoms. The summed E-state index contributed by atoms with van der Waals surface area (Å²) < 4.78 is 0. The molecule has 2 rings (SSSR count). The van der Waals surface area contributed by atoms with Crippen LogP contribution in [0.25, 0.3) is 0 Å². The smallest absolute Gasteiger partial charge is 0.224 e. The van der Waals surface area contributed by atoms with E-state index in [1.165, 1.54) is 32.5 Å². The summed E-state index contributed by atoms with van der Waals surface area (Å²) in [6, 6.07) is 0. The van der Waals surface area contributed by atoms with Crippen LogP contribution in [0.5, 0.6) is 0 Å². The summed E-state index contributed by atoms with van der Waals surface area (Å²) in [5, 5.41) is 6.24. The van der Waals surface area contributed by atoms with Crippen LogP contribution in [0.15, 0.2) is 0 Å². The van der Waals surface area contributed by atoms with Gasteiger partial charge in [-0.15, -0.1) is 12.4 Å². The SMILES string of the molecule is CNC(=O)C1CCCN(CC2CCCNC2)C1.Cl. The van der Waals surface area contributed by atoms with Crippen LogP contribution in [0.4, 0.5) is 0 Å². The highest BCUT2D eigenvalue weighted by molar-refractivity contribution is 5.85. The monoisotopic (exact) mass is 275 g/mol. The summed E-state index contributed by atoms with van der Waals surface area (Å²) in [5.41, 5.74) is 0. The van der Waals surface area contributed by atoms with Crippen molar-refractivity contribution in [3.8, 4) is 0 Å². The Morgan fingerprint density at radius 3 is 2.89 bits per heavy atom. The number of hydrogen-bond acceptors (Lipinski definition) is 3. The molecule has 0 spiro atoms. The Kier molecular flexibility index (Phi) is 6.97. The Morgan fingerprint density at radius 1 is 1.39 bits per heavy atom. The Balaban J connectivity index is 0.00000162. The normalized spacial score (nSPS) is 29.4. The number of amides is 1. The third kappa shape index (κ3) is 4.41. The first-order valence-corrected chi connectivity index (χ1v) is 6.94. The van der Waals surface area contributed by atoms with Gasteiger partial charge in [-0.1, -0.05) is 0 Å². The lowest BCUT2D eigenvalue weighted by atomic mass is 9.94. The summed E-state index contributed by atoms with van der Waals surface area (Å²) in [5.74, 6) is 1.22. The van der Waals surface area contributed by atoms with Gasteiger partial charge in [-0.25, -0.2) is 0 Å².